The van der Waals surface area contributed by atoms with Gasteiger partial charge in [-0.1, -0.05) is 22.6 Å². The molecule has 1 atom stereocenters. The van der Waals surface area contributed by atoms with Gasteiger partial charge in [-0.15, -0.1) is 0 Å². The van der Waals surface area contributed by atoms with Gasteiger partial charge in [0.25, 0.3) is 0 Å². The molecule has 0 fully saturated rings. The summed E-state index contributed by atoms with van der Waals surface area (Å²) >= 11 is 1.96. The van der Waals surface area contributed by atoms with Crippen molar-refractivity contribution in [3.63, 3.8) is 0 Å². The predicted octanol–water partition coefficient (Wildman–Crippen LogP) is 6.79. The normalized spacial score (nSPS) is 12.3. The average molecular weight is 598 g/mol. The van der Waals surface area contributed by atoms with E-state index < -0.39 is 23.3 Å². The molecular weight excluding hydrogens is 567 g/mol. The maximum atomic E-state index is 14.3. The number of alkyl halides is 1. The maximum Gasteiger partial charge on any atom is 0.165 e. The molecule has 1 unspecified atom stereocenters. The summed E-state index contributed by atoms with van der Waals surface area (Å²) in [6.45, 7) is 6.39. The molecule has 0 aliphatic carbocycles. The van der Waals surface area contributed by atoms with E-state index in [2.05, 4.69) is 0 Å². The molecule has 0 aromatic heterocycles. The fourth-order valence-corrected chi connectivity index (χ4v) is 3.76. The predicted molar refractivity (Wildman–Crippen MR) is 131 cm³/mol. The van der Waals surface area contributed by atoms with Gasteiger partial charge in [-0.2, -0.15) is 0 Å². The molecule has 2 rings (SSSR count). The highest BCUT2D eigenvalue weighted by Gasteiger charge is 2.14. The van der Waals surface area contributed by atoms with Crippen molar-refractivity contribution in [1.82, 2.24) is 0 Å². The molecule has 0 heterocycles. The van der Waals surface area contributed by atoms with Gasteiger partial charge in [-0.3, -0.25) is 0 Å². The molecule has 2 aromatic rings. The molecule has 0 aliphatic heterocycles. The third-order valence-corrected chi connectivity index (χ3v) is 5.77. The SMILES string of the molecule is CC(C)OCCOc1cc(F)c(CCCC(C)OCCOc2cc(F)c(CI)cc2F)c(F)c1. The molecule has 0 aliphatic rings. The van der Waals surface area contributed by atoms with Crippen molar-refractivity contribution < 1.29 is 36.5 Å². The summed E-state index contributed by atoms with van der Waals surface area (Å²) in [5.74, 6) is -2.46. The van der Waals surface area contributed by atoms with Gasteiger partial charge in [0.15, 0.2) is 11.6 Å². The molecule has 0 spiro atoms. The van der Waals surface area contributed by atoms with Gasteiger partial charge in [-0.25, -0.2) is 17.6 Å². The molecule has 0 amide bonds. The average Bonchev–Trinajstić information content (AvgIpc) is 2.78. The second-order valence-electron chi connectivity index (χ2n) is 8.06. The molecule has 0 bridgehead atoms. The zero-order valence-electron chi connectivity index (χ0n) is 19.6. The Morgan fingerprint density at radius 1 is 0.765 bits per heavy atom. The van der Waals surface area contributed by atoms with Gasteiger partial charge in [0.05, 0.1) is 25.4 Å². The second kappa shape index (κ2) is 14.7. The van der Waals surface area contributed by atoms with Crippen molar-refractivity contribution in [1.29, 1.82) is 0 Å². The van der Waals surface area contributed by atoms with E-state index in [1.807, 2.05) is 43.4 Å². The zero-order chi connectivity index (χ0) is 25.1. The minimum absolute atomic E-state index is 0.00812. The fraction of sp³-hybridized carbons (Fsp3) is 0.520. The summed E-state index contributed by atoms with van der Waals surface area (Å²) in [7, 11) is 0. The van der Waals surface area contributed by atoms with E-state index in [4.69, 9.17) is 18.9 Å². The number of rotatable bonds is 15. The van der Waals surface area contributed by atoms with E-state index in [0.29, 0.717) is 23.9 Å². The Labute approximate surface area is 212 Å². The number of hydrogen-bond acceptors (Lipinski definition) is 4. The number of hydrogen-bond donors (Lipinski definition) is 0. The first-order chi connectivity index (χ1) is 16.2. The highest BCUT2D eigenvalue weighted by atomic mass is 127. The zero-order valence-corrected chi connectivity index (χ0v) is 21.8. The molecule has 0 N–H and O–H groups in total. The Morgan fingerprint density at radius 3 is 2.06 bits per heavy atom. The lowest BCUT2D eigenvalue weighted by atomic mass is 10.0. The van der Waals surface area contributed by atoms with Crippen molar-refractivity contribution in [2.45, 2.75) is 56.7 Å². The van der Waals surface area contributed by atoms with Crippen LogP contribution in [0.5, 0.6) is 11.5 Å². The van der Waals surface area contributed by atoms with E-state index in [-0.39, 0.29) is 61.1 Å². The first kappa shape index (κ1) is 28.6. The molecule has 34 heavy (non-hydrogen) atoms. The monoisotopic (exact) mass is 598 g/mol. The van der Waals surface area contributed by atoms with Crippen molar-refractivity contribution in [3.8, 4) is 11.5 Å². The minimum Gasteiger partial charge on any atom is -0.491 e. The van der Waals surface area contributed by atoms with Crippen LogP contribution in [0.25, 0.3) is 0 Å². The summed E-state index contributed by atoms with van der Waals surface area (Å²) in [6.07, 6.45) is 1.16. The third kappa shape index (κ3) is 9.58. The lowest BCUT2D eigenvalue weighted by molar-refractivity contribution is 0.0380. The lowest BCUT2D eigenvalue weighted by Gasteiger charge is -2.15. The van der Waals surface area contributed by atoms with Crippen molar-refractivity contribution >= 4 is 22.6 Å². The van der Waals surface area contributed by atoms with E-state index in [1.54, 1.807) is 0 Å². The molecule has 190 valence electrons. The first-order valence-corrected chi connectivity index (χ1v) is 12.7. The smallest absolute Gasteiger partial charge is 0.165 e. The summed E-state index contributed by atoms with van der Waals surface area (Å²) in [5.41, 5.74) is 0.287. The Bertz CT molecular complexity index is 888. The Kier molecular flexibility index (Phi) is 12.4. The highest BCUT2D eigenvalue weighted by Crippen LogP contribution is 2.24. The standard InChI is InChI=1S/C25H31F4IO4/c1-16(2)31-7-9-33-19-12-22(27)20(23(28)13-19)6-4-5-17(3)32-8-10-34-25-14-21(26)18(15-30)11-24(25)29/h11-14,16-17H,4-10,15H2,1-3H3. The van der Waals surface area contributed by atoms with Crippen LogP contribution in [-0.4, -0.2) is 38.6 Å². The minimum atomic E-state index is -0.649. The molecule has 0 radical (unpaired) electrons. The van der Waals surface area contributed by atoms with Crippen LogP contribution in [0.15, 0.2) is 24.3 Å². The maximum absolute atomic E-state index is 14.3. The number of halogens is 5. The lowest BCUT2D eigenvalue weighted by Crippen LogP contribution is -2.15. The van der Waals surface area contributed by atoms with Crippen molar-refractivity contribution in [2.75, 3.05) is 26.4 Å². The molecule has 4 nitrogen and oxygen atoms in total. The Morgan fingerprint density at radius 2 is 1.41 bits per heavy atom. The largest absolute Gasteiger partial charge is 0.491 e. The summed E-state index contributed by atoms with van der Waals surface area (Å²) in [4.78, 5) is 0. The van der Waals surface area contributed by atoms with Crippen LogP contribution < -0.4 is 9.47 Å². The van der Waals surface area contributed by atoms with E-state index in [1.165, 1.54) is 12.1 Å². The third-order valence-electron chi connectivity index (χ3n) is 4.94. The van der Waals surface area contributed by atoms with Crippen LogP contribution in [0.1, 0.15) is 44.7 Å². The molecule has 2 aromatic carbocycles. The van der Waals surface area contributed by atoms with Gasteiger partial charge in [-0.05, 0) is 46.1 Å². The first-order valence-electron chi connectivity index (χ1n) is 11.2. The van der Waals surface area contributed by atoms with Crippen molar-refractivity contribution in [2.24, 2.45) is 0 Å². The van der Waals surface area contributed by atoms with E-state index in [9.17, 15) is 17.6 Å². The molecule has 0 saturated carbocycles. The van der Waals surface area contributed by atoms with Crippen LogP contribution in [0.3, 0.4) is 0 Å². The molecular formula is C25H31F4IO4. The number of benzene rings is 2. The number of ether oxygens (including phenoxy) is 4. The Balaban J connectivity index is 1.70. The van der Waals surface area contributed by atoms with Gasteiger partial charge >= 0.3 is 0 Å². The van der Waals surface area contributed by atoms with Crippen molar-refractivity contribution in [3.05, 3.63) is 58.7 Å². The quantitative estimate of drug-likeness (QED) is 0.0980. The van der Waals surface area contributed by atoms with Gasteiger partial charge in [0.1, 0.15) is 36.4 Å². The Hall–Kier alpha value is -1.59. The van der Waals surface area contributed by atoms with Crippen LogP contribution in [-0.2, 0) is 20.3 Å². The molecule has 0 saturated heterocycles. The van der Waals surface area contributed by atoms with Gasteiger partial charge < -0.3 is 18.9 Å². The summed E-state index contributed by atoms with van der Waals surface area (Å²) in [6, 6.07) is 4.52. The van der Waals surface area contributed by atoms with Crippen LogP contribution in [0.4, 0.5) is 17.6 Å². The topological polar surface area (TPSA) is 36.9 Å². The summed E-state index contributed by atoms with van der Waals surface area (Å²) < 4.78 is 78.3. The van der Waals surface area contributed by atoms with Crippen LogP contribution in [0.2, 0.25) is 0 Å². The van der Waals surface area contributed by atoms with Crippen LogP contribution in [0, 0.1) is 23.3 Å². The van der Waals surface area contributed by atoms with Gasteiger partial charge in [0, 0.05) is 33.8 Å². The van der Waals surface area contributed by atoms with Gasteiger partial charge in [0.2, 0.25) is 0 Å². The van der Waals surface area contributed by atoms with E-state index >= 15 is 0 Å². The van der Waals surface area contributed by atoms with E-state index in [0.717, 1.165) is 12.1 Å². The highest BCUT2D eigenvalue weighted by molar-refractivity contribution is 14.1. The fourth-order valence-electron chi connectivity index (χ4n) is 3.18. The van der Waals surface area contributed by atoms with Crippen LogP contribution >= 0.6 is 22.6 Å². The molecule has 9 heteroatoms. The summed E-state index contributed by atoms with van der Waals surface area (Å²) in [5, 5.41) is 0. The second-order valence-corrected chi connectivity index (χ2v) is 8.83.